The van der Waals surface area contributed by atoms with Crippen molar-refractivity contribution in [1.82, 2.24) is 15.2 Å². The monoisotopic (exact) mass is 298 g/mol. The molecule has 0 spiro atoms. The van der Waals surface area contributed by atoms with Crippen molar-refractivity contribution in [3.05, 3.63) is 22.8 Å². The number of carbonyl (C=O) groups is 1. The number of hydrogen-bond acceptors (Lipinski definition) is 5. The first-order chi connectivity index (χ1) is 9.60. The van der Waals surface area contributed by atoms with Gasteiger partial charge in [-0.1, -0.05) is 18.5 Å². The second-order valence-corrected chi connectivity index (χ2v) is 5.09. The zero-order valence-corrected chi connectivity index (χ0v) is 12.2. The largest absolute Gasteiger partial charge is 0.382 e. The predicted molar refractivity (Wildman–Crippen MR) is 77.8 cm³/mol. The van der Waals surface area contributed by atoms with Crippen LogP contribution in [0.2, 0.25) is 5.02 Å². The van der Waals surface area contributed by atoms with Crippen molar-refractivity contribution in [3.63, 3.8) is 0 Å². The van der Waals surface area contributed by atoms with Crippen molar-refractivity contribution in [2.24, 2.45) is 0 Å². The minimum absolute atomic E-state index is 0.0184. The molecule has 1 unspecified atom stereocenters. The number of amides is 1. The maximum Gasteiger partial charge on any atom is 0.252 e. The highest BCUT2D eigenvalue weighted by Gasteiger charge is 2.20. The van der Waals surface area contributed by atoms with E-state index < -0.39 is 0 Å². The first-order valence-electron chi connectivity index (χ1n) is 6.63. The Kier molecular flexibility index (Phi) is 5.17. The summed E-state index contributed by atoms with van der Waals surface area (Å²) in [6.07, 6.45) is 1.43. The Morgan fingerprint density at radius 2 is 2.50 bits per heavy atom. The molecule has 0 aromatic carbocycles. The molecule has 0 bridgehead atoms. The highest BCUT2D eigenvalue weighted by molar-refractivity contribution is 6.33. The van der Waals surface area contributed by atoms with Crippen molar-refractivity contribution in [2.75, 3.05) is 38.5 Å². The summed E-state index contributed by atoms with van der Waals surface area (Å²) in [4.78, 5) is 18.1. The number of aromatic nitrogens is 1. The first kappa shape index (κ1) is 15.0. The van der Waals surface area contributed by atoms with Crippen molar-refractivity contribution in [3.8, 4) is 0 Å². The van der Waals surface area contributed by atoms with Gasteiger partial charge in [0.2, 0.25) is 0 Å². The van der Waals surface area contributed by atoms with Gasteiger partial charge >= 0.3 is 0 Å². The molecule has 1 amide bonds. The molecule has 1 fully saturated rings. The van der Waals surface area contributed by atoms with Gasteiger partial charge in [-0.3, -0.25) is 9.69 Å². The van der Waals surface area contributed by atoms with Gasteiger partial charge < -0.3 is 15.8 Å². The van der Waals surface area contributed by atoms with E-state index in [1.807, 2.05) is 0 Å². The minimum Gasteiger partial charge on any atom is -0.382 e. The predicted octanol–water partition coefficient (Wildman–Crippen LogP) is 0.768. The van der Waals surface area contributed by atoms with Crippen molar-refractivity contribution >= 4 is 23.3 Å². The van der Waals surface area contributed by atoms with Gasteiger partial charge in [0.25, 0.3) is 5.91 Å². The third-order valence-corrected chi connectivity index (χ3v) is 3.59. The van der Waals surface area contributed by atoms with Crippen LogP contribution in [0.1, 0.15) is 17.3 Å². The molecule has 1 aliphatic heterocycles. The van der Waals surface area contributed by atoms with Crippen LogP contribution in [0.4, 0.5) is 5.82 Å². The number of nitrogens with one attached hydrogen (secondary N) is 1. The van der Waals surface area contributed by atoms with Crippen molar-refractivity contribution in [1.29, 1.82) is 0 Å². The molecule has 3 N–H and O–H groups in total. The fraction of sp³-hybridized carbons (Fsp3) is 0.538. The van der Waals surface area contributed by atoms with Crippen molar-refractivity contribution < 1.29 is 9.53 Å². The van der Waals surface area contributed by atoms with Gasteiger partial charge in [0.05, 0.1) is 23.3 Å². The van der Waals surface area contributed by atoms with E-state index >= 15 is 0 Å². The molecule has 0 radical (unpaired) electrons. The highest BCUT2D eigenvalue weighted by atomic mass is 35.5. The Balaban J connectivity index is 1.87. The Bertz CT molecular complexity index is 483. The number of likely N-dealkylation sites (N-methyl/N-ethyl adjacent to an activating group) is 1. The molecule has 1 atom stereocenters. The summed E-state index contributed by atoms with van der Waals surface area (Å²) in [5, 5.41) is 3.11. The number of nitrogens with zero attached hydrogens (tertiary/aromatic N) is 2. The topological polar surface area (TPSA) is 80.5 Å². The molecule has 6 nitrogen and oxygen atoms in total. The number of rotatable bonds is 4. The van der Waals surface area contributed by atoms with Crippen LogP contribution in [0.5, 0.6) is 0 Å². The Morgan fingerprint density at radius 1 is 1.70 bits per heavy atom. The lowest BCUT2D eigenvalue weighted by molar-refractivity contribution is -0.0246. The normalized spacial score (nSPS) is 19.8. The number of nitrogens with two attached hydrogens (primary N) is 1. The molecule has 1 saturated heterocycles. The Hall–Kier alpha value is -1.37. The molecular weight excluding hydrogens is 280 g/mol. The lowest BCUT2D eigenvalue weighted by atomic mass is 10.2. The fourth-order valence-electron chi connectivity index (χ4n) is 2.07. The highest BCUT2D eigenvalue weighted by Crippen LogP contribution is 2.16. The van der Waals surface area contributed by atoms with Gasteiger partial charge in [-0.25, -0.2) is 4.98 Å². The van der Waals surface area contributed by atoms with Crippen LogP contribution >= 0.6 is 11.6 Å². The van der Waals surface area contributed by atoms with Gasteiger partial charge in [0.15, 0.2) is 0 Å². The first-order valence-corrected chi connectivity index (χ1v) is 7.01. The SMILES string of the molecule is CCN1CCOC(CNC(=O)c2cnc(N)c(Cl)c2)C1. The molecule has 0 aliphatic carbocycles. The van der Waals surface area contributed by atoms with Gasteiger partial charge in [-0.05, 0) is 12.6 Å². The maximum absolute atomic E-state index is 12.0. The molecular formula is C13H19ClN4O2. The summed E-state index contributed by atoms with van der Waals surface area (Å²) >= 11 is 5.85. The van der Waals surface area contributed by atoms with E-state index in [4.69, 9.17) is 22.1 Å². The number of halogens is 1. The summed E-state index contributed by atoms with van der Waals surface area (Å²) in [7, 11) is 0. The standard InChI is InChI=1S/C13H19ClN4O2/c1-2-18-3-4-20-10(8-18)7-17-13(19)9-5-11(14)12(15)16-6-9/h5-6,10H,2-4,7-8H2,1H3,(H2,15,16)(H,17,19). The van der Waals surface area contributed by atoms with Crippen LogP contribution in [0.3, 0.4) is 0 Å². The zero-order chi connectivity index (χ0) is 14.5. The van der Waals surface area contributed by atoms with Crippen LogP contribution in [-0.2, 0) is 4.74 Å². The van der Waals surface area contributed by atoms with Crippen LogP contribution in [0.15, 0.2) is 12.3 Å². The summed E-state index contributed by atoms with van der Waals surface area (Å²) < 4.78 is 5.62. The average Bonchev–Trinajstić information content (AvgIpc) is 2.47. The number of anilines is 1. The second kappa shape index (κ2) is 6.88. The molecule has 2 heterocycles. The molecule has 1 aromatic heterocycles. The van der Waals surface area contributed by atoms with Gasteiger partial charge in [0, 0.05) is 25.8 Å². The molecule has 1 aliphatic rings. The quantitative estimate of drug-likeness (QED) is 0.858. The number of hydrogen-bond donors (Lipinski definition) is 2. The number of ether oxygens (including phenoxy) is 1. The van der Waals surface area contributed by atoms with Crippen LogP contribution in [-0.4, -0.2) is 54.7 Å². The summed E-state index contributed by atoms with van der Waals surface area (Å²) in [6.45, 7) is 6.05. The number of pyridine rings is 1. The van der Waals surface area contributed by atoms with E-state index in [1.54, 1.807) is 0 Å². The van der Waals surface area contributed by atoms with Gasteiger partial charge in [0.1, 0.15) is 5.82 Å². The van der Waals surface area contributed by atoms with E-state index in [2.05, 4.69) is 22.1 Å². The number of nitrogen functional groups attached to an aromatic ring is 1. The zero-order valence-electron chi connectivity index (χ0n) is 11.4. The molecule has 0 saturated carbocycles. The van der Waals surface area contributed by atoms with Gasteiger partial charge in [-0.15, -0.1) is 0 Å². The lowest BCUT2D eigenvalue weighted by Crippen LogP contribution is -2.47. The lowest BCUT2D eigenvalue weighted by Gasteiger charge is -2.32. The second-order valence-electron chi connectivity index (χ2n) is 4.69. The number of morpholine rings is 1. The molecule has 2 rings (SSSR count). The summed E-state index contributed by atoms with van der Waals surface area (Å²) in [5.41, 5.74) is 5.91. The van der Waals surface area contributed by atoms with Crippen LogP contribution < -0.4 is 11.1 Å². The van der Waals surface area contributed by atoms with E-state index in [9.17, 15) is 4.79 Å². The minimum atomic E-state index is -0.225. The molecule has 7 heteroatoms. The third kappa shape index (κ3) is 3.82. The Morgan fingerprint density at radius 3 is 3.20 bits per heavy atom. The molecule has 20 heavy (non-hydrogen) atoms. The van der Waals surface area contributed by atoms with E-state index in [1.165, 1.54) is 12.3 Å². The van der Waals surface area contributed by atoms with E-state index in [-0.39, 0.29) is 22.9 Å². The van der Waals surface area contributed by atoms with E-state index in [0.717, 1.165) is 19.6 Å². The van der Waals surface area contributed by atoms with Crippen molar-refractivity contribution in [2.45, 2.75) is 13.0 Å². The fourth-order valence-corrected chi connectivity index (χ4v) is 2.24. The maximum atomic E-state index is 12.0. The average molecular weight is 299 g/mol. The van der Waals surface area contributed by atoms with E-state index in [0.29, 0.717) is 18.7 Å². The molecule has 1 aromatic rings. The molecule has 110 valence electrons. The number of carbonyl (C=O) groups excluding carboxylic acids is 1. The third-order valence-electron chi connectivity index (χ3n) is 3.29. The van der Waals surface area contributed by atoms with Crippen LogP contribution in [0.25, 0.3) is 0 Å². The summed E-state index contributed by atoms with van der Waals surface area (Å²) in [6, 6.07) is 1.51. The smallest absolute Gasteiger partial charge is 0.252 e. The Labute approximate surface area is 123 Å². The summed E-state index contributed by atoms with van der Waals surface area (Å²) in [5.74, 6) is -0.00552. The van der Waals surface area contributed by atoms with Gasteiger partial charge in [-0.2, -0.15) is 0 Å². The van der Waals surface area contributed by atoms with Crippen LogP contribution in [0, 0.1) is 0 Å².